The molecular weight excluding hydrogens is 226 g/mol. The predicted molar refractivity (Wildman–Crippen MR) is 74.7 cm³/mol. The lowest BCUT2D eigenvalue weighted by Crippen LogP contribution is -2.25. The van der Waals surface area contributed by atoms with E-state index in [0.717, 1.165) is 30.2 Å². The molecule has 0 radical (unpaired) electrons. The normalized spacial score (nSPS) is 13.4. The third kappa shape index (κ3) is 5.45. The van der Waals surface area contributed by atoms with Crippen molar-refractivity contribution in [2.24, 2.45) is 5.41 Å². The molecule has 1 unspecified atom stereocenters. The molecular formula is C14H25N3O. The second-order valence-corrected chi connectivity index (χ2v) is 5.94. The van der Waals surface area contributed by atoms with Crippen molar-refractivity contribution in [3.8, 4) is 0 Å². The minimum absolute atomic E-state index is 0.136. The van der Waals surface area contributed by atoms with E-state index in [1.165, 1.54) is 0 Å². The molecule has 102 valence electrons. The molecule has 0 aliphatic carbocycles. The summed E-state index contributed by atoms with van der Waals surface area (Å²) < 4.78 is 0. The number of nitrogens with zero attached hydrogens (tertiary/aromatic N) is 2. The van der Waals surface area contributed by atoms with Gasteiger partial charge in [0.2, 0.25) is 0 Å². The molecule has 4 nitrogen and oxygen atoms in total. The molecule has 0 saturated carbocycles. The minimum atomic E-state index is -0.356. The van der Waals surface area contributed by atoms with Crippen molar-refractivity contribution in [1.29, 1.82) is 0 Å². The molecule has 0 amide bonds. The first-order chi connectivity index (χ1) is 8.30. The molecule has 1 aromatic heterocycles. The smallest absolute Gasteiger partial charge is 0.130 e. The van der Waals surface area contributed by atoms with E-state index < -0.39 is 0 Å². The Hall–Kier alpha value is -1.16. The lowest BCUT2D eigenvalue weighted by Gasteiger charge is -2.22. The molecule has 1 aromatic rings. The van der Waals surface area contributed by atoms with E-state index in [-0.39, 0.29) is 11.5 Å². The Kier molecular flexibility index (Phi) is 5.08. The summed E-state index contributed by atoms with van der Waals surface area (Å²) in [5, 5.41) is 13.1. The lowest BCUT2D eigenvalue weighted by atomic mass is 9.89. The third-order valence-corrected chi connectivity index (χ3v) is 2.62. The number of rotatable bonds is 5. The summed E-state index contributed by atoms with van der Waals surface area (Å²) in [4.78, 5) is 8.64. The highest BCUT2D eigenvalue weighted by atomic mass is 16.3. The van der Waals surface area contributed by atoms with Gasteiger partial charge in [0.25, 0.3) is 0 Å². The van der Waals surface area contributed by atoms with Gasteiger partial charge in [0.05, 0.1) is 6.10 Å². The molecule has 1 atom stereocenters. The van der Waals surface area contributed by atoms with Gasteiger partial charge in [0, 0.05) is 18.3 Å². The van der Waals surface area contributed by atoms with Gasteiger partial charge in [-0.2, -0.15) is 0 Å². The Morgan fingerprint density at radius 3 is 2.56 bits per heavy atom. The van der Waals surface area contributed by atoms with Crippen LogP contribution < -0.4 is 5.32 Å². The Morgan fingerprint density at radius 2 is 2.00 bits per heavy atom. The van der Waals surface area contributed by atoms with Gasteiger partial charge in [0.15, 0.2) is 0 Å². The minimum Gasteiger partial charge on any atom is -0.391 e. The van der Waals surface area contributed by atoms with Crippen molar-refractivity contribution in [2.75, 3.05) is 11.9 Å². The van der Waals surface area contributed by atoms with Crippen LogP contribution in [0, 0.1) is 12.3 Å². The molecule has 0 aliphatic heterocycles. The van der Waals surface area contributed by atoms with Crippen molar-refractivity contribution in [3.63, 3.8) is 0 Å². The quantitative estimate of drug-likeness (QED) is 0.844. The zero-order valence-electron chi connectivity index (χ0n) is 12.1. The van der Waals surface area contributed by atoms with Gasteiger partial charge < -0.3 is 10.4 Å². The van der Waals surface area contributed by atoms with E-state index in [1.807, 2.05) is 13.0 Å². The average Bonchev–Trinajstić information content (AvgIpc) is 2.23. The van der Waals surface area contributed by atoms with Crippen LogP contribution >= 0.6 is 0 Å². The maximum Gasteiger partial charge on any atom is 0.130 e. The first-order valence-corrected chi connectivity index (χ1v) is 6.56. The molecule has 1 rings (SSSR count). The fourth-order valence-corrected chi connectivity index (χ4v) is 1.90. The van der Waals surface area contributed by atoms with Crippen LogP contribution in [0.15, 0.2) is 6.07 Å². The van der Waals surface area contributed by atoms with E-state index in [4.69, 9.17) is 0 Å². The molecule has 4 heteroatoms. The van der Waals surface area contributed by atoms with Crippen LogP contribution in [0.5, 0.6) is 0 Å². The molecule has 0 bridgehead atoms. The number of anilines is 1. The summed E-state index contributed by atoms with van der Waals surface area (Å²) in [7, 11) is 0. The Balaban J connectivity index is 2.55. The first-order valence-electron chi connectivity index (χ1n) is 6.56. The van der Waals surface area contributed by atoms with Crippen molar-refractivity contribution in [1.82, 2.24) is 9.97 Å². The van der Waals surface area contributed by atoms with Gasteiger partial charge in [-0.1, -0.05) is 27.7 Å². The van der Waals surface area contributed by atoms with Gasteiger partial charge in [-0.25, -0.2) is 9.97 Å². The second-order valence-electron chi connectivity index (χ2n) is 5.94. The summed E-state index contributed by atoms with van der Waals surface area (Å²) in [6.45, 7) is 10.9. The van der Waals surface area contributed by atoms with E-state index in [1.54, 1.807) is 0 Å². The Labute approximate surface area is 110 Å². The zero-order valence-corrected chi connectivity index (χ0v) is 12.1. The summed E-state index contributed by atoms with van der Waals surface area (Å²) in [5.41, 5.74) is 1.16. The van der Waals surface area contributed by atoms with E-state index in [9.17, 15) is 5.11 Å². The highest BCUT2D eigenvalue weighted by molar-refractivity contribution is 5.36. The fourth-order valence-electron chi connectivity index (χ4n) is 1.90. The van der Waals surface area contributed by atoms with Gasteiger partial charge in [0.1, 0.15) is 11.6 Å². The topological polar surface area (TPSA) is 58.0 Å². The number of hydrogen-bond acceptors (Lipinski definition) is 4. The summed E-state index contributed by atoms with van der Waals surface area (Å²) in [6, 6.07) is 1.94. The zero-order chi connectivity index (χ0) is 13.8. The van der Waals surface area contributed by atoms with Gasteiger partial charge >= 0.3 is 0 Å². The summed E-state index contributed by atoms with van der Waals surface area (Å²) >= 11 is 0. The average molecular weight is 251 g/mol. The van der Waals surface area contributed by atoms with Gasteiger partial charge in [-0.15, -0.1) is 0 Å². The SMILES string of the molecule is CCc1cc(NCC(O)CC(C)(C)C)nc(C)n1. The standard InChI is InChI=1S/C14H25N3O/c1-6-11-7-13(17-10(2)16-11)15-9-12(18)8-14(3,4)5/h7,12,18H,6,8-9H2,1-5H3,(H,15,16,17). The number of hydrogen-bond donors (Lipinski definition) is 2. The number of aromatic nitrogens is 2. The largest absolute Gasteiger partial charge is 0.391 e. The molecule has 18 heavy (non-hydrogen) atoms. The van der Waals surface area contributed by atoms with E-state index >= 15 is 0 Å². The van der Waals surface area contributed by atoms with Crippen molar-refractivity contribution in [3.05, 3.63) is 17.6 Å². The highest BCUT2D eigenvalue weighted by Crippen LogP contribution is 2.20. The van der Waals surface area contributed by atoms with Crippen LogP contribution in [0.25, 0.3) is 0 Å². The molecule has 0 fully saturated rings. The van der Waals surface area contributed by atoms with Gasteiger partial charge in [-0.05, 0) is 25.2 Å². The van der Waals surface area contributed by atoms with Crippen molar-refractivity contribution >= 4 is 5.82 Å². The van der Waals surface area contributed by atoms with Crippen LogP contribution in [0.2, 0.25) is 0 Å². The van der Waals surface area contributed by atoms with Crippen LogP contribution in [0.1, 0.15) is 45.6 Å². The van der Waals surface area contributed by atoms with Crippen molar-refractivity contribution < 1.29 is 5.11 Å². The molecule has 0 aromatic carbocycles. The molecule has 0 aliphatic rings. The maximum absolute atomic E-state index is 9.94. The van der Waals surface area contributed by atoms with E-state index in [0.29, 0.717) is 6.54 Å². The van der Waals surface area contributed by atoms with Crippen LogP contribution in [0.4, 0.5) is 5.82 Å². The third-order valence-electron chi connectivity index (χ3n) is 2.62. The van der Waals surface area contributed by atoms with Gasteiger partial charge in [-0.3, -0.25) is 0 Å². The summed E-state index contributed by atoms with van der Waals surface area (Å²) in [6.07, 6.45) is 1.30. The Bertz CT molecular complexity index is 385. The Morgan fingerprint density at radius 1 is 1.33 bits per heavy atom. The highest BCUT2D eigenvalue weighted by Gasteiger charge is 2.16. The number of aliphatic hydroxyl groups excluding tert-OH is 1. The summed E-state index contributed by atoms with van der Waals surface area (Å²) in [5.74, 6) is 1.56. The van der Waals surface area contributed by atoms with Crippen LogP contribution in [-0.2, 0) is 6.42 Å². The van der Waals surface area contributed by atoms with Crippen molar-refractivity contribution in [2.45, 2.75) is 53.6 Å². The monoisotopic (exact) mass is 251 g/mol. The number of nitrogens with one attached hydrogen (secondary N) is 1. The maximum atomic E-state index is 9.94. The molecule has 0 saturated heterocycles. The fraction of sp³-hybridized carbons (Fsp3) is 0.714. The first kappa shape index (κ1) is 14.9. The van der Waals surface area contributed by atoms with E-state index in [2.05, 4.69) is 43.0 Å². The second kappa shape index (κ2) is 6.14. The molecule has 1 heterocycles. The number of aliphatic hydroxyl groups is 1. The van der Waals surface area contributed by atoms with Crippen LogP contribution in [-0.4, -0.2) is 27.7 Å². The lowest BCUT2D eigenvalue weighted by molar-refractivity contribution is 0.132. The molecule has 2 N–H and O–H groups in total. The predicted octanol–water partition coefficient (Wildman–Crippen LogP) is 2.56. The number of aryl methyl sites for hydroxylation is 2. The van der Waals surface area contributed by atoms with Crippen LogP contribution in [0.3, 0.4) is 0 Å². The molecule has 0 spiro atoms.